The average molecular weight is 231 g/mol. The summed E-state index contributed by atoms with van der Waals surface area (Å²) in [5.41, 5.74) is 2.42. The van der Waals surface area contributed by atoms with Gasteiger partial charge in [0, 0.05) is 11.1 Å². The topological polar surface area (TPSA) is 12.9 Å². The molecule has 0 amide bonds. The second-order valence-corrected chi connectivity index (χ2v) is 5.54. The number of thioether (sulfide) groups is 1. The van der Waals surface area contributed by atoms with Gasteiger partial charge in [-0.15, -0.1) is 11.8 Å². The van der Waals surface area contributed by atoms with Gasteiger partial charge >= 0.3 is 0 Å². The number of pyridine rings is 1. The van der Waals surface area contributed by atoms with Gasteiger partial charge in [-0.25, -0.2) is 4.98 Å². The summed E-state index contributed by atoms with van der Waals surface area (Å²) in [5, 5.41) is 2.40. The number of benzene rings is 1. The molecule has 0 fully saturated rings. The minimum absolute atomic E-state index is 0.707. The van der Waals surface area contributed by atoms with E-state index in [1.54, 1.807) is 0 Å². The summed E-state index contributed by atoms with van der Waals surface area (Å²) in [7, 11) is 0. The van der Waals surface area contributed by atoms with Crippen molar-refractivity contribution >= 4 is 22.7 Å². The molecule has 0 spiro atoms. The standard InChI is InChI=1S/C14H17NS/c1-10(2)9-16-14-8-11(3)12-6-4-5-7-13(12)15-14/h4-8,10H,9H2,1-3H3. The van der Waals surface area contributed by atoms with Gasteiger partial charge in [-0.1, -0.05) is 32.0 Å². The van der Waals surface area contributed by atoms with E-state index in [4.69, 9.17) is 0 Å². The summed E-state index contributed by atoms with van der Waals surface area (Å²) in [6.45, 7) is 6.63. The third-order valence-corrected chi connectivity index (χ3v) is 3.80. The van der Waals surface area contributed by atoms with E-state index in [1.807, 2.05) is 17.8 Å². The summed E-state index contributed by atoms with van der Waals surface area (Å²) in [5.74, 6) is 1.84. The van der Waals surface area contributed by atoms with Crippen molar-refractivity contribution in [2.75, 3.05) is 5.75 Å². The first-order chi connectivity index (χ1) is 7.66. The van der Waals surface area contributed by atoms with Gasteiger partial charge in [0.1, 0.15) is 0 Å². The number of aryl methyl sites for hydroxylation is 1. The van der Waals surface area contributed by atoms with Gasteiger partial charge in [-0.05, 0) is 30.5 Å². The number of para-hydroxylation sites is 1. The predicted octanol–water partition coefficient (Wildman–Crippen LogP) is 4.29. The molecule has 1 aromatic carbocycles. The fraction of sp³-hybridized carbons (Fsp3) is 0.357. The van der Waals surface area contributed by atoms with Crippen LogP contribution in [-0.4, -0.2) is 10.7 Å². The highest BCUT2D eigenvalue weighted by Crippen LogP contribution is 2.24. The van der Waals surface area contributed by atoms with Crippen molar-refractivity contribution in [2.45, 2.75) is 25.8 Å². The molecule has 0 radical (unpaired) electrons. The van der Waals surface area contributed by atoms with Gasteiger partial charge in [0.05, 0.1) is 10.5 Å². The quantitative estimate of drug-likeness (QED) is 0.731. The third-order valence-electron chi connectivity index (χ3n) is 2.46. The van der Waals surface area contributed by atoms with Crippen LogP contribution in [0.4, 0.5) is 0 Å². The van der Waals surface area contributed by atoms with Gasteiger partial charge < -0.3 is 0 Å². The van der Waals surface area contributed by atoms with Gasteiger partial charge in [0.15, 0.2) is 0 Å². The van der Waals surface area contributed by atoms with Crippen LogP contribution in [0, 0.1) is 12.8 Å². The van der Waals surface area contributed by atoms with E-state index >= 15 is 0 Å². The van der Waals surface area contributed by atoms with Crippen molar-refractivity contribution in [3.63, 3.8) is 0 Å². The molecule has 0 aliphatic carbocycles. The van der Waals surface area contributed by atoms with Crippen LogP contribution in [0.5, 0.6) is 0 Å². The molecule has 1 nitrogen and oxygen atoms in total. The average Bonchev–Trinajstić information content (AvgIpc) is 2.26. The lowest BCUT2D eigenvalue weighted by atomic mass is 10.1. The highest BCUT2D eigenvalue weighted by atomic mass is 32.2. The van der Waals surface area contributed by atoms with Crippen LogP contribution in [0.15, 0.2) is 35.4 Å². The zero-order valence-electron chi connectivity index (χ0n) is 10.0. The Morgan fingerprint density at radius 1 is 1.25 bits per heavy atom. The third kappa shape index (κ3) is 2.56. The molecule has 0 saturated heterocycles. The Morgan fingerprint density at radius 2 is 2.00 bits per heavy atom. The number of aromatic nitrogens is 1. The van der Waals surface area contributed by atoms with E-state index < -0.39 is 0 Å². The number of rotatable bonds is 3. The summed E-state index contributed by atoms with van der Waals surface area (Å²) in [6, 6.07) is 10.5. The van der Waals surface area contributed by atoms with E-state index in [9.17, 15) is 0 Å². The Hall–Kier alpha value is -1.02. The van der Waals surface area contributed by atoms with Crippen LogP contribution < -0.4 is 0 Å². The summed E-state index contributed by atoms with van der Waals surface area (Å²) in [4.78, 5) is 4.67. The van der Waals surface area contributed by atoms with Crippen molar-refractivity contribution in [2.24, 2.45) is 5.92 Å². The normalized spacial score (nSPS) is 11.2. The van der Waals surface area contributed by atoms with Crippen LogP contribution in [0.1, 0.15) is 19.4 Å². The van der Waals surface area contributed by atoms with Gasteiger partial charge in [-0.2, -0.15) is 0 Å². The largest absolute Gasteiger partial charge is 0.241 e. The molecule has 0 N–H and O–H groups in total. The lowest BCUT2D eigenvalue weighted by molar-refractivity contribution is 0.749. The van der Waals surface area contributed by atoms with Crippen LogP contribution in [0.3, 0.4) is 0 Å². The van der Waals surface area contributed by atoms with Gasteiger partial charge in [0.2, 0.25) is 0 Å². The Bertz CT molecular complexity index is 491. The first-order valence-electron chi connectivity index (χ1n) is 5.66. The fourth-order valence-electron chi connectivity index (χ4n) is 1.64. The monoisotopic (exact) mass is 231 g/mol. The second kappa shape index (κ2) is 4.88. The highest BCUT2D eigenvalue weighted by Gasteiger charge is 2.03. The maximum absolute atomic E-state index is 4.67. The predicted molar refractivity (Wildman–Crippen MR) is 72.0 cm³/mol. The smallest absolute Gasteiger partial charge is 0.0970 e. The van der Waals surface area contributed by atoms with Crippen LogP contribution >= 0.6 is 11.8 Å². The first-order valence-corrected chi connectivity index (χ1v) is 6.64. The molecule has 2 heteroatoms. The van der Waals surface area contributed by atoms with E-state index in [2.05, 4.69) is 50.0 Å². The van der Waals surface area contributed by atoms with E-state index in [0.717, 1.165) is 16.3 Å². The molecular weight excluding hydrogens is 214 g/mol. The molecule has 84 valence electrons. The minimum atomic E-state index is 0.707. The van der Waals surface area contributed by atoms with Crippen LogP contribution in [-0.2, 0) is 0 Å². The summed E-state index contributed by atoms with van der Waals surface area (Å²) < 4.78 is 0. The Balaban J connectivity index is 2.34. The van der Waals surface area contributed by atoms with E-state index in [1.165, 1.54) is 10.9 Å². The zero-order valence-corrected chi connectivity index (χ0v) is 10.8. The molecule has 2 rings (SSSR count). The molecule has 0 aliphatic rings. The molecule has 0 atom stereocenters. The van der Waals surface area contributed by atoms with Crippen LogP contribution in [0.2, 0.25) is 0 Å². The summed E-state index contributed by atoms with van der Waals surface area (Å²) in [6.07, 6.45) is 0. The molecule has 16 heavy (non-hydrogen) atoms. The first kappa shape index (κ1) is 11.5. The molecule has 0 saturated carbocycles. The van der Waals surface area contributed by atoms with Crippen molar-refractivity contribution in [1.29, 1.82) is 0 Å². The highest BCUT2D eigenvalue weighted by molar-refractivity contribution is 7.99. The molecule has 0 unspecified atom stereocenters. The summed E-state index contributed by atoms with van der Waals surface area (Å²) >= 11 is 1.85. The van der Waals surface area contributed by atoms with E-state index in [0.29, 0.717) is 5.92 Å². The van der Waals surface area contributed by atoms with Crippen molar-refractivity contribution in [1.82, 2.24) is 4.98 Å². The lowest BCUT2D eigenvalue weighted by Gasteiger charge is -2.07. The van der Waals surface area contributed by atoms with Crippen molar-refractivity contribution in [3.05, 3.63) is 35.9 Å². The Morgan fingerprint density at radius 3 is 2.75 bits per heavy atom. The molecule has 1 heterocycles. The number of hydrogen-bond donors (Lipinski definition) is 0. The molecule has 0 bridgehead atoms. The lowest BCUT2D eigenvalue weighted by Crippen LogP contribution is -1.93. The molecular formula is C14H17NS. The Kier molecular flexibility index (Phi) is 3.49. The molecule has 2 aromatic rings. The number of fused-ring (bicyclic) bond motifs is 1. The van der Waals surface area contributed by atoms with Gasteiger partial charge in [-0.3, -0.25) is 0 Å². The fourth-order valence-corrected chi connectivity index (χ4v) is 2.57. The SMILES string of the molecule is Cc1cc(SCC(C)C)nc2ccccc12. The zero-order chi connectivity index (χ0) is 11.5. The van der Waals surface area contributed by atoms with Crippen molar-refractivity contribution in [3.8, 4) is 0 Å². The number of nitrogens with zero attached hydrogens (tertiary/aromatic N) is 1. The minimum Gasteiger partial charge on any atom is -0.241 e. The van der Waals surface area contributed by atoms with Crippen LogP contribution in [0.25, 0.3) is 10.9 Å². The maximum Gasteiger partial charge on any atom is 0.0970 e. The molecule has 0 aliphatic heterocycles. The van der Waals surface area contributed by atoms with E-state index in [-0.39, 0.29) is 0 Å². The van der Waals surface area contributed by atoms with Gasteiger partial charge in [0.25, 0.3) is 0 Å². The number of hydrogen-bond acceptors (Lipinski definition) is 2. The van der Waals surface area contributed by atoms with Crippen molar-refractivity contribution < 1.29 is 0 Å². The Labute approximate surface area is 101 Å². The second-order valence-electron chi connectivity index (χ2n) is 4.50. The molecule has 1 aromatic heterocycles. The maximum atomic E-state index is 4.67.